The van der Waals surface area contributed by atoms with Crippen molar-refractivity contribution in [2.75, 3.05) is 6.61 Å². The standard InChI is InChI=1S/C17H21NO3S/c1-3-13-7-4-5-8-14(13)21-10-6-9-16-18-12(2)15(22-16)11-17(19)20/h4-5,7-8H,3,6,9-11H2,1-2H3,(H,19,20). The van der Waals surface area contributed by atoms with Gasteiger partial charge in [0.2, 0.25) is 0 Å². The Morgan fingerprint density at radius 1 is 1.36 bits per heavy atom. The van der Waals surface area contributed by atoms with Crippen LogP contribution in [0.4, 0.5) is 0 Å². The molecule has 118 valence electrons. The van der Waals surface area contributed by atoms with Gasteiger partial charge in [-0.1, -0.05) is 25.1 Å². The summed E-state index contributed by atoms with van der Waals surface area (Å²) in [5.41, 5.74) is 2.05. The van der Waals surface area contributed by atoms with Crippen molar-refractivity contribution in [3.05, 3.63) is 45.4 Å². The normalized spacial score (nSPS) is 10.6. The summed E-state index contributed by atoms with van der Waals surface area (Å²) in [4.78, 5) is 16.1. The maximum absolute atomic E-state index is 10.8. The van der Waals surface area contributed by atoms with Crippen LogP contribution in [-0.4, -0.2) is 22.7 Å². The van der Waals surface area contributed by atoms with Gasteiger partial charge in [0.25, 0.3) is 0 Å². The highest BCUT2D eigenvalue weighted by Crippen LogP contribution is 2.21. The molecule has 2 aromatic rings. The minimum atomic E-state index is -0.808. The predicted octanol–water partition coefficient (Wildman–Crippen LogP) is 3.65. The Morgan fingerprint density at radius 2 is 2.14 bits per heavy atom. The maximum atomic E-state index is 10.8. The Morgan fingerprint density at radius 3 is 2.86 bits per heavy atom. The molecule has 1 heterocycles. The molecule has 22 heavy (non-hydrogen) atoms. The SMILES string of the molecule is CCc1ccccc1OCCCc1nc(C)c(CC(=O)O)s1. The van der Waals surface area contributed by atoms with Crippen molar-refractivity contribution in [1.82, 2.24) is 4.98 Å². The molecule has 0 saturated carbocycles. The second-order valence-corrected chi connectivity index (χ2v) is 6.27. The third-order valence-corrected chi connectivity index (χ3v) is 4.61. The first kappa shape index (κ1) is 16.5. The quantitative estimate of drug-likeness (QED) is 0.755. The van der Waals surface area contributed by atoms with Gasteiger partial charge < -0.3 is 9.84 Å². The smallest absolute Gasteiger partial charge is 0.308 e. The molecule has 2 rings (SSSR count). The van der Waals surface area contributed by atoms with Crippen LogP contribution >= 0.6 is 11.3 Å². The van der Waals surface area contributed by atoms with E-state index in [1.165, 1.54) is 16.9 Å². The molecule has 1 N–H and O–H groups in total. The van der Waals surface area contributed by atoms with E-state index in [1.807, 2.05) is 25.1 Å². The number of carboxylic acid groups (broad SMARTS) is 1. The monoisotopic (exact) mass is 319 g/mol. The second kappa shape index (κ2) is 7.94. The van der Waals surface area contributed by atoms with Crippen LogP contribution in [0.15, 0.2) is 24.3 Å². The molecule has 0 radical (unpaired) electrons. The zero-order chi connectivity index (χ0) is 15.9. The summed E-state index contributed by atoms with van der Waals surface area (Å²) in [6.07, 6.45) is 2.71. The summed E-state index contributed by atoms with van der Waals surface area (Å²) in [7, 11) is 0. The third-order valence-electron chi connectivity index (χ3n) is 3.39. The van der Waals surface area contributed by atoms with Gasteiger partial charge >= 0.3 is 5.97 Å². The van der Waals surface area contributed by atoms with Gasteiger partial charge in [0.05, 0.1) is 23.7 Å². The van der Waals surface area contributed by atoms with E-state index < -0.39 is 5.97 Å². The summed E-state index contributed by atoms with van der Waals surface area (Å²) >= 11 is 1.49. The number of ether oxygens (including phenoxy) is 1. The second-order valence-electron chi connectivity index (χ2n) is 5.10. The van der Waals surface area contributed by atoms with E-state index in [4.69, 9.17) is 9.84 Å². The van der Waals surface area contributed by atoms with Crippen molar-refractivity contribution in [2.45, 2.75) is 39.5 Å². The van der Waals surface area contributed by atoms with E-state index in [1.54, 1.807) is 0 Å². The first-order chi connectivity index (χ1) is 10.6. The highest BCUT2D eigenvalue weighted by molar-refractivity contribution is 7.11. The highest BCUT2D eigenvalue weighted by atomic mass is 32.1. The number of nitrogens with zero attached hydrogens (tertiary/aromatic N) is 1. The maximum Gasteiger partial charge on any atom is 0.308 e. The van der Waals surface area contributed by atoms with Crippen LogP contribution in [0.25, 0.3) is 0 Å². The Kier molecular flexibility index (Phi) is 5.95. The van der Waals surface area contributed by atoms with Gasteiger partial charge in [0.1, 0.15) is 5.75 Å². The van der Waals surface area contributed by atoms with Crippen LogP contribution in [0.3, 0.4) is 0 Å². The number of aliphatic carboxylic acids is 1. The predicted molar refractivity (Wildman–Crippen MR) is 87.8 cm³/mol. The third kappa shape index (κ3) is 4.56. The lowest BCUT2D eigenvalue weighted by molar-refractivity contribution is -0.136. The number of thiazole rings is 1. The highest BCUT2D eigenvalue weighted by Gasteiger charge is 2.10. The number of hydrogen-bond donors (Lipinski definition) is 1. The van der Waals surface area contributed by atoms with Gasteiger partial charge in [-0.05, 0) is 31.4 Å². The number of aromatic nitrogens is 1. The molecule has 0 aliphatic carbocycles. The lowest BCUT2D eigenvalue weighted by Gasteiger charge is -2.09. The fourth-order valence-corrected chi connectivity index (χ4v) is 3.34. The van der Waals surface area contributed by atoms with Crippen molar-refractivity contribution in [3.63, 3.8) is 0 Å². The minimum absolute atomic E-state index is 0.0594. The first-order valence-electron chi connectivity index (χ1n) is 7.47. The number of carboxylic acids is 1. The van der Waals surface area contributed by atoms with Crippen molar-refractivity contribution in [2.24, 2.45) is 0 Å². The number of rotatable bonds is 8. The summed E-state index contributed by atoms with van der Waals surface area (Å²) in [6.45, 7) is 4.63. The molecule has 0 amide bonds. The molecule has 1 aromatic heterocycles. The number of para-hydroxylation sites is 1. The van der Waals surface area contributed by atoms with Crippen LogP contribution in [0.1, 0.15) is 34.5 Å². The van der Waals surface area contributed by atoms with E-state index in [0.717, 1.165) is 40.6 Å². The van der Waals surface area contributed by atoms with Gasteiger partial charge in [-0.15, -0.1) is 11.3 Å². The fourth-order valence-electron chi connectivity index (χ4n) is 2.24. The molecule has 5 heteroatoms. The molecule has 4 nitrogen and oxygen atoms in total. The number of hydrogen-bond acceptors (Lipinski definition) is 4. The molecule has 0 atom stereocenters. The molecule has 0 fully saturated rings. The molecule has 0 unspecified atom stereocenters. The Balaban J connectivity index is 1.83. The number of carbonyl (C=O) groups is 1. The van der Waals surface area contributed by atoms with Gasteiger partial charge in [-0.25, -0.2) is 4.98 Å². The van der Waals surface area contributed by atoms with Crippen LogP contribution in [0.5, 0.6) is 5.75 Å². The Labute approximate surface area is 134 Å². The van der Waals surface area contributed by atoms with Crippen molar-refractivity contribution < 1.29 is 14.6 Å². The Hall–Kier alpha value is -1.88. The average molecular weight is 319 g/mol. The number of benzene rings is 1. The van der Waals surface area contributed by atoms with E-state index in [0.29, 0.717) is 6.61 Å². The van der Waals surface area contributed by atoms with Crippen molar-refractivity contribution in [1.29, 1.82) is 0 Å². The Bertz CT molecular complexity index is 637. The summed E-state index contributed by atoms with van der Waals surface area (Å²) in [5.74, 6) is 0.143. The van der Waals surface area contributed by atoms with Crippen LogP contribution < -0.4 is 4.74 Å². The van der Waals surface area contributed by atoms with Crippen molar-refractivity contribution in [3.8, 4) is 5.75 Å². The molecule has 0 aliphatic rings. The summed E-state index contributed by atoms with van der Waals surface area (Å²) < 4.78 is 5.83. The molecule has 0 spiro atoms. The van der Waals surface area contributed by atoms with Crippen LogP contribution in [-0.2, 0) is 24.1 Å². The topological polar surface area (TPSA) is 59.4 Å². The number of aryl methyl sites for hydroxylation is 3. The van der Waals surface area contributed by atoms with E-state index in [2.05, 4.69) is 18.0 Å². The summed E-state index contributed by atoms with van der Waals surface area (Å²) in [5, 5.41) is 9.84. The molecule has 1 aromatic carbocycles. The van der Waals surface area contributed by atoms with E-state index in [-0.39, 0.29) is 6.42 Å². The molecular weight excluding hydrogens is 298 g/mol. The van der Waals surface area contributed by atoms with Gasteiger partial charge in [0.15, 0.2) is 0 Å². The van der Waals surface area contributed by atoms with Gasteiger partial charge in [-0.2, -0.15) is 0 Å². The minimum Gasteiger partial charge on any atom is -0.493 e. The largest absolute Gasteiger partial charge is 0.493 e. The lowest BCUT2D eigenvalue weighted by atomic mass is 10.1. The first-order valence-corrected chi connectivity index (χ1v) is 8.29. The van der Waals surface area contributed by atoms with E-state index >= 15 is 0 Å². The summed E-state index contributed by atoms with van der Waals surface area (Å²) in [6, 6.07) is 8.08. The van der Waals surface area contributed by atoms with Crippen LogP contribution in [0.2, 0.25) is 0 Å². The average Bonchev–Trinajstić information content (AvgIpc) is 2.83. The van der Waals surface area contributed by atoms with Gasteiger partial charge in [0, 0.05) is 11.3 Å². The van der Waals surface area contributed by atoms with Gasteiger partial charge in [-0.3, -0.25) is 4.79 Å². The van der Waals surface area contributed by atoms with Crippen molar-refractivity contribution >= 4 is 17.3 Å². The zero-order valence-electron chi connectivity index (χ0n) is 13.0. The molecule has 0 saturated heterocycles. The van der Waals surface area contributed by atoms with Crippen LogP contribution in [0, 0.1) is 6.92 Å². The van der Waals surface area contributed by atoms with E-state index in [9.17, 15) is 4.79 Å². The molecular formula is C17H21NO3S. The molecule has 0 aliphatic heterocycles. The lowest BCUT2D eigenvalue weighted by Crippen LogP contribution is -2.01. The fraction of sp³-hybridized carbons (Fsp3) is 0.412. The molecule has 0 bridgehead atoms. The zero-order valence-corrected chi connectivity index (χ0v) is 13.8.